The first-order chi connectivity index (χ1) is 10.1. The summed E-state index contributed by atoms with van der Waals surface area (Å²) in [7, 11) is 1.87. The van der Waals surface area contributed by atoms with E-state index >= 15 is 0 Å². The lowest BCUT2D eigenvalue weighted by Crippen LogP contribution is -2.26. The average molecular weight is 299 g/mol. The van der Waals surface area contributed by atoms with E-state index in [1.807, 2.05) is 37.4 Å². The van der Waals surface area contributed by atoms with Crippen LogP contribution in [0.1, 0.15) is 17.5 Å². The van der Waals surface area contributed by atoms with E-state index in [0.29, 0.717) is 13.0 Å². The van der Waals surface area contributed by atoms with E-state index in [9.17, 15) is 4.79 Å². The van der Waals surface area contributed by atoms with Crippen molar-refractivity contribution < 1.29 is 4.79 Å². The van der Waals surface area contributed by atoms with Crippen molar-refractivity contribution in [2.45, 2.75) is 24.8 Å². The minimum atomic E-state index is 0.193. The molecule has 0 fully saturated rings. The van der Waals surface area contributed by atoms with E-state index < -0.39 is 0 Å². The number of carbonyl (C=O) groups is 1. The van der Waals surface area contributed by atoms with Crippen LogP contribution in [0.2, 0.25) is 0 Å². The van der Waals surface area contributed by atoms with Crippen molar-refractivity contribution in [3.63, 3.8) is 0 Å². The van der Waals surface area contributed by atoms with Gasteiger partial charge in [0.05, 0.1) is 0 Å². The smallest absolute Gasteiger partial charge is 0.223 e. The molecule has 0 atom stereocenters. The van der Waals surface area contributed by atoms with Gasteiger partial charge in [-0.25, -0.2) is 0 Å². The summed E-state index contributed by atoms with van der Waals surface area (Å²) in [6.07, 6.45) is 0.571. The van der Waals surface area contributed by atoms with Crippen LogP contribution in [0.5, 0.6) is 0 Å². The minimum Gasteiger partial charge on any atom is -0.341 e. The Morgan fingerprint density at radius 2 is 1.71 bits per heavy atom. The largest absolute Gasteiger partial charge is 0.341 e. The SMILES string of the molecule is Cc1ccc(SCCC(=O)N(C)Cc2ccccc2)cc1. The second kappa shape index (κ2) is 7.89. The molecule has 21 heavy (non-hydrogen) atoms. The molecule has 2 aromatic carbocycles. The quantitative estimate of drug-likeness (QED) is 0.747. The van der Waals surface area contributed by atoms with E-state index in [1.165, 1.54) is 16.0 Å². The van der Waals surface area contributed by atoms with Crippen LogP contribution < -0.4 is 0 Å². The Morgan fingerprint density at radius 1 is 1.05 bits per heavy atom. The Morgan fingerprint density at radius 3 is 2.38 bits per heavy atom. The number of hydrogen-bond acceptors (Lipinski definition) is 2. The third-order valence-electron chi connectivity index (χ3n) is 3.29. The summed E-state index contributed by atoms with van der Waals surface area (Å²) in [5.41, 5.74) is 2.43. The lowest BCUT2D eigenvalue weighted by molar-refractivity contribution is -0.129. The molecule has 2 aromatic rings. The molecular weight excluding hydrogens is 278 g/mol. The van der Waals surface area contributed by atoms with Crippen LogP contribution in [0.25, 0.3) is 0 Å². The standard InChI is InChI=1S/C18H21NOS/c1-15-8-10-17(11-9-15)21-13-12-18(20)19(2)14-16-6-4-3-5-7-16/h3-11H,12-14H2,1-2H3. The van der Waals surface area contributed by atoms with Crippen molar-refractivity contribution in [3.05, 3.63) is 65.7 Å². The number of hydrogen-bond donors (Lipinski definition) is 0. The predicted octanol–water partition coefficient (Wildman–Crippen LogP) is 4.14. The molecule has 0 bridgehead atoms. The van der Waals surface area contributed by atoms with Crippen LogP contribution >= 0.6 is 11.8 Å². The van der Waals surface area contributed by atoms with Crippen LogP contribution in [-0.2, 0) is 11.3 Å². The highest BCUT2D eigenvalue weighted by Gasteiger charge is 2.09. The maximum absolute atomic E-state index is 12.1. The second-order valence-electron chi connectivity index (χ2n) is 5.15. The highest BCUT2D eigenvalue weighted by atomic mass is 32.2. The minimum absolute atomic E-state index is 0.193. The Balaban J connectivity index is 1.75. The average Bonchev–Trinajstić information content (AvgIpc) is 2.50. The zero-order valence-corrected chi connectivity index (χ0v) is 13.4. The molecule has 1 amide bonds. The fourth-order valence-electron chi connectivity index (χ4n) is 2.03. The van der Waals surface area contributed by atoms with Crippen molar-refractivity contribution >= 4 is 17.7 Å². The van der Waals surface area contributed by atoms with E-state index in [0.717, 1.165) is 5.75 Å². The summed E-state index contributed by atoms with van der Waals surface area (Å²) in [5.74, 6) is 1.01. The normalized spacial score (nSPS) is 10.4. The van der Waals surface area contributed by atoms with Gasteiger partial charge in [-0.1, -0.05) is 48.0 Å². The van der Waals surface area contributed by atoms with Crippen molar-refractivity contribution in [2.24, 2.45) is 0 Å². The molecule has 0 N–H and O–H groups in total. The van der Waals surface area contributed by atoms with E-state index in [-0.39, 0.29) is 5.91 Å². The first-order valence-corrected chi connectivity index (χ1v) is 8.11. The molecule has 110 valence electrons. The third-order valence-corrected chi connectivity index (χ3v) is 4.31. The summed E-state index contributed by atoms with van der Waals surface area (Å²) in [6, 6.07) is 18.5. The van der Waals surface area contributed by atoms with Gasteiger partial charge in [0, 0.05) is 30.7 Å². The van der Waals surface area contributed by atoms with Gasteiger partial charge >= 0.3 is 0 Å². The fraction of sp³-hybridized carbons (Fsp3) is 0.278. The van der Waals surface area contributed by atoms with Crippen LogP contribution in [-0.4, -0.2) is 23.6 Å². The lowest BCUT2D eigenvalue weighted by atomic mass is 10.2. The Bertz CT molecular complexity index is 566. The van der Waals surface area contributed by atoms with Crippen LogP contribution in [0.3, 0.4) is 0 Å². The first-order valence-electron chi connectivity index (χ1n) is 7.12. The molecule has 0 aliphatic heterocycles. The van der Waals surface area contributed by atoms with Crippen LogP contribution in [0.15, 0.2) is 59.5 Å². The molecule has 2 rings (SSSR count). The monoisotopic (exact) mass is 299 g/mol. The van der Waals surface area contributed by atoms with Gasteiger partial charge in [0.25, 0.3) is 0 Å². The molecule has 0 heterocycles. The second-order valence-corrected chi connectivity index (χ2v) is 6.32. The van der Waals surface area contributed by atoms with Gasteiger partial charge in [-0.05, 0) is 24.6 Å². The topological polar surface area (TPSA) is 20.3 Å². The molecule has 0 radical (unpaired) electrons. The van der Waals surface area contributed by atoms with Crippen molar-refractivity contribution in [1.29, 1.82) is 0 Å². The van der Waals surface area contributed by atoms with E-state index in [2.05, 4.69) is 31.2 Å². The van der Waals surface area contributed by atoms with Crippen LogP contribution in [0, 0.1) is 6.92 Å². The summed E-state index contributed by atoms with van der Waals surface area (Å²) >= 11 is 1.73. The predicted molar refractivity (Wildman–Crippen MR) is 89.4 cm³/mol. The number of benzene rings is 2. The van der Waals surface area contributed by atoms with Gasteiger partial charge in [-0.15, -0.1) is 11.8 Å². The summed E-state index contributed by atoms with van der Waals surface area (Å²) < 4.78 is 0. The third kappa shape index (κ3) is 5.27. The number of amides is 1. The molecule has 2 nitrogen and oxygen atoms in total. The molecule has 0 aliphatic rings. The molecule has 0 saturated heterocycles. The highest BCUT2D eigenvalue weighted by molar-refractivity contribution is 7.99. The Kier molecular flexibility index (Phi) is 5.88. The summed E-state index contributed by atoms with van der Waals surface area (Å²) in [5, 5.41) is 0. The lowest BCUT2D eigenvalue weighted by Gasteiger charge is -2.17. The van der Waals surface area contributed by atoms with Crippen LogP contribution in [0.4, 0.5) is 0 Å². The molecular formula is C18H21NOS. The molecule has 0 unspecified atom stereocenters. The molecule has 0 saturated carbocycles. The fourth-order valence-corrected chi connectivity index (χ4v) is 2.87. The van der Waals surface area contributed by atoms with Gasteiger partial charge in [0.1, 0.15) is 0 Å². The number of carbonyl (C=O) groups excluding carboxylic acids is 1. The molecule has 3 heteroatoms. The Labute approximate surface area is 131 Å². The van der Waals surface area contributed by atoms with Crippen molar-refractivity contribution in [2.75, 3.05) is 12.8 Å². The highest BCUT2D eigenvalue weighted by Crippen LogP contribution is 2.19. The zero-order chi connectivity index (χ0) is 15.1. The van der Waals surface area contributed by atoms with Gasteiger partial charge in [-0.3, -0.25) is 4.79 Å². The number of nitrogens with zero attached hydrogens (tertiary/aromatic N) is 1. The van der Waals surface area contributed by atoms with E-state index in [4.69, 9.17) is 0 Å². The Hall–Kier alpha value is -1.74. The first kappa shape index (κ1) is 15.6. The van der Waals surface area contributed by atoms with E-state index in [1.54, 1.807) is 16.7 Å². The van der Waals surface area contributed by atoms with Gasteiger partial charge in [-0.2, -0.15) is 0 Å². The maximum Gasteiger partial charge on any atom is 0.223 e. The number of rotatable bonds is 6. The summed E-state index contributed by atoms with van der Waals surface area (Å²) in [6.45, 7) is 2.76. The maximum atomic E-state index is 12.1. The van der Waals surface area contributed by atoms with Gasteiger partial charge < -0.3 is 4.90 Å². The van der Waals surface area contributed by atoms with Gasteiger partial charge in [0.2, 0.25) is 5.91 Å². The number of aryl methyl sites for hydroxylation is 1. The zero-order valence-electron chi connectivity index (χ0n) is 12.6. The summed E-state index contributed by atoms with van der Waals surface area (Å²) in [4.78, 5) is 15.1. The van der Waals surface area contributed by atoms with Crippen molar-refractivity contribution in [3.8, 4) is 0 Å². The number of thioether (sulfide) groups is 1. The molecule has 0 aliphatic carbocycles. The molecule has 0 aromatic heterocycles. The van der Waals surface area contributed by atoms with Crippen molar-refractivity contribution in [1.82, 2.24) is 4.90 Å². The molecule has 0 spiro atoms. The van der Waals surface area contributed by atoms with Gasteiger partial charge in [0.15, 0.2) is 0 Å².